The van der Waals surface area contributed by atoms with Crippen LogP contribution >= 0.6 is 11.6 Å². The molecule has 1 aliphatic heterocycles. The van der Waals surface area contributed by atoms with Crippen molar-refractivity contribution in [1.82, 2.24) is 15.6 Å². The van der Waals surface area contributed by atoms with Crippen molar-refractivity contribution in [3.05, 3.63) is 49.9 Å². The fourth-order valence-electron chi connectivity index (χ4n) is 5.28. The number of alkyl carbamates (subject to hydrolysis) is 1. The summed E-state index contributed by atoms with van der Waals surface area (Å²) in [6.07, 6.45) is 2.63. The first-order valence-corrected chi connectivity index (χ1v) is 13.8. The molecular weight excluding hydrogens is 538 g/mol. The predicted molar refractivity (Wildman–Crippen MR) is 150 cm³/mol. The van der Waals surface area contributed by atoms with Crippen molar-refractivity contribution in [3.63, 3.8) is 0 Å². The maximum absolute atomic E-state index is 13.2. The Morgan fingerprint density at radius 2 is 1.77 bits per heavy atom. The zero-order valence-electron chi connectivity index (χ0n) is 24.1. The van der Waals surface area contributed by atoms with E-state index in [-0.39, 0.29) is 29.1 Å². The number of ether oxygens (including phenoxy) is 4. The number of hydrogen-bond donors (Lipinski definition) is 3. The molecule has 1 aromatic heterocycles. The summed E-state index contributed by atoms with van der Waals surface area (Å²) in [7, 11) is 1.47. The lowest BCUT2D eigenvalue weighted by Gasteiger charge is -2.37. The molecule has 1 saturated carbocycles. The van der Waals surface area contributed by atoms with Gasteiger partial charge in [-0.2, -0.15) is 0 Å². The van der Waals surface area contributed by atoms with Crippen LogP contribution in [0.25, 0.3) is 0 Å². The normalized spacial score (nSPS) is 22.0. The van der Waals surface area contributed by atoms with Gasteiger partial charge in [-0.25, -0.2) is 4.79 Å². The van der Waals surface area contributed by atoms with Gasteiger partial charge in [0.2, 0.25) is 0 Å². The van der Waals surface area contributed by atoms with Crippen LogP contribution in [0, 0.1) is 19.8 Å². The average Bonchev–Trinajstić information content (AvgIpc) is 3.24. The SMILES string of the molecule is COc1cc(C)[nH]c(=O)c1CNC(=O)c1cc(Cl)c2c(c1C)OC(C)(C1CCC(NC(=O)OC(C)(C)C)CC1)O2. The lowest BCUT2D eigenvalue weighted by molar-refractivity contribution is -0.121. The third-order valence-electron chi connectivity index (χ3n) is 7.36. The maximum atomic E-state index is 13.2. The van der Waals surface area contributed by atoms with Crippen LogP contribution in [-0.2, 0) is 11.3 Å². The Labute approximate surface area is 239 Å². The van der Waals surface area contributed by atoms with Crippen molar-refractivity contribution < 1.29 is 28.5 Å². The standard InChI is InChI=1S/C29H38ClN3O7/c1-15-12-22(37-7)20(26(35)32-15)14-31-25(34)19-13-21(30)24-23(16(19)2)38-29(6,39-24)17-8-10-18(11-9-17)33-27(36)40-28(3,4)5/h12-13,17-18H,8-11,14H2,1-7H3,(H,31,34)(H,32,35)(H,33,36). The topological polar surface area (TPSA) is 128 Å². The Hall–Kier alpha value is -3.40. The zero-order chi connectivity index (χ0) is 29.4. The second-order valence-electron chi connectivity index (χ2n) is 11.6. The second kappa shape index (κ2) is 11.2. The van der Waals surface area contributed by atoms with E-state index >= 15 is 0 Å². The minimum atomic E-state index is -0.967. The first kappa shape index (κ1) is 29.6. The van der Waals surface area contributed by atoms with Gasteiger partial charge in [0.1, 0.15) is 11.4 Å². The highest BCUT2D eigenvalue weighted by atomic mass is 35.5. The largest absolute Gasteiger partial charge is 0.496 e. The number of halogens is 1. The number of benzene rings is 1. The molecule has 10 nitrogen and oxygen atoms in total. The molecule has 3 N–H and O–H groups in total. The van der Waals surface area contributed by atoms with Crippen molar-refractivity contribution in [2.45, 2.75) is 91.2 Å². The molecule has 40 heavy (non-hydrogen) atoms. The number of pyridine rings is 1. The third kappa shape index (κ3) is 6.32. The molecule has 1 aliphatic carbocycles. The highest BCUT2D eigenvalue weighted by molar-refractivity contribution is 6.33. The van der Waals surface area contributed by atoms with Crippen LogP contribution in [0.1, 0.15) is 80.6 Å². The summed E-state index contributed by atoms with van der Waals surface area (Å²) in [6, 6.07) is 3.27. The van der Waals surface area contributed by atoms with Gasteiger partial charge >= 0.3 is 6.09 Å². The van der Waals surface area contributed by atoms with Crippen LogP contribution < -0.4 is 30.4 Å². The number of aryl methyl sites for hydroxylation is 1. The molecular formula is C29H38ClN3O7. The van der Waals surface area contributed by atoms with Gasteiger partial charge in [0.05, 0.1) is 24.2 Å². The molecule has 1 atom stereocenters. The Kier molecular flexibility index (Phi) is 8.31. The van der Waals surface area contributed by atoms with Gasteiger partial charge in [-0.1, -0.05) is 11.6 Å². The number of rotatable bonds is 6. The van der Waals surface area contributed by atoms with Gasteiger partial charge in [-0.05, 0) is 72.4 Å². The van der Waals surface area contributed by atoms with E-state index in [4.69, 9.17) is 30.5 Å². The fourth-order valence-corrected chi connectivity index (χ4v) is 5.52. The van der Waals surface area contributed by atoms with Crippen molar-refractivity contribution in [2.24, 2.45) is 5.92 Å². The molecule has 0 saturated heterocycles. The van der Waals surface area contributed by atoms with Crippen LogP contribution in [0.15, 0.2) is 16.9 Å². The van der Waals surface area contributed by atoms with Gasteiger partial charge in [0, 0.05) is 35.7 Å². The molecule has 1 aromatic carbocycles. The highest BCUT2D eigenvalue weighted by Crippen LogP contribution is 2.51. The number of H-pyrrole nitrogens is 1. The molecule has 0 radical (unpaired) electrons. The Morgan fingerprint density at radius 1 is 1.12 bits per heavy atom. The van der Waals surface area contributed by atoms with Gasteiger partial charge in [-0.15, -0.1) is 0 Å². The number of hydrogen-bond acceptors (Lipinski definition) is 7. The summed E-state index contributed by atoms with van der Waals surface area (Å²) < 4.78 is 23.4. The lowest BCUT2D eigenvalue weighted by Crippen LogP contribution is -2.48. The van der Waals surface area contributed by atoms with Crippen LogP contribution in [0.4, 0.5) is 4.79 Å². The van der Waals surface area contributed by atoms with E-state index in [2.05, 4.69) is 15.6 Å². The molecule has 2 aromatic rings. The number of carbonyl (C=O) groups is 2. The molecule has 2 heterocycles. The van der Waals surface area contributed by atoms with E-state index in [9.17, 15) is 14.4 Å². The number of aromatic nitrogens is 1. The lowest BCUT2D eigenvalue weighted by atomic mass is 9.81. The van der Waals surface area contributed by atoms with Crippen LogP contribution in [-0.4, -0.2) is 41.5 Å². The maximum Gasteiger partial charge on any atom is 0.407 e. The van der Waals surface area contributed by atoms with E-state index < -0.39 is 23.4 Å². The number of methoxy groups -OCH3 is 1. The zero-order valence-corrected chi connectivity index (χ0v) is 24.8. The first-order valence-electron chi connectivity index (χ1n) is 13.5. The van der Waals surface area contributed by atoms with E-state index in [0.29, 0.717) is 39.6 Å². The highest BCUT2D eigenvalue weighted by Gasteiger charge is 2.47. The van der Waals surface area contributed by atoms with Gasteiger partial charge in [0.25, 0.3) is 17.3 Å². The van der Waals surface area contributed by atoms with Crippen molar-refractivity contribution in [1.29, 1.82) is 0 Å². The van der Waals surface area contributed by atoms with Gasteiger partial charge in [-0.3, -0.25) is 9.59 Å². The fraction of sp³-hybridized carbons (Fsp3) is 0.552. The first-order chi connectivity index (χ1) is 18.7. The molecule has 2 aliphatic rings. The van der Waals surface area contributed by atoms with E-state index in [0.717, 1.165) is 25.7 Å². The number of nitrogens with one attached hydrogen (secondary N) is 3. The molecule has 2 amide bonds. The summed E-state index contributed by atoms with van der Waals surface area (Å²) in [5, 5.41) is 6.01. The van der Waals surface area contributed by atoms with Crippen LogP contribution in [0.2, 0.25) is 5.02 Å². The minimum absolute atomic E-state index is 0.0125. The smallest absolute Gasteiger partial charge is 0.407 e. The number of amides is 2. The van der Waals surface area contributed by atoms with E-state index in [1.807, 2.05) is 27.7 Å². The molecule has 0 spiro atoms. The van der Waals surface area contributed by atoms with E-state index in [1.165, 1.54) is 7.11 Å². The summed E-state index contributed by atoms with van der Waals surface area (Å²) in [6.45, 7) is 10.9. The van der Waals surface area contributed by atoms with Gasteiger partial charge < -0.3 is 34.6 Å². The second-order valence-corrected chi connectivity index (χ2v) is 12.0. The summed E-state index contributed by atoms with van der Waals surface area (Å²) >= 11 is 6.58. The summed E-state index contributed by atoms with van der Waals surface area (Å²) in [5.74, 6) is -0.0940. The number of carbonyl (C=O) groups excluding carboxylic acids is 2. The van der Waals surface area contributed by atoms with Crippen LogP contribution in [0.5, 0.6) is 17.2 Å². The molecule has 11 heteroatoms. The quantitative estimate of drug-likeness (QED) is 0.434. The molecule has 4 rings (SSSR count). The third-order valence-corrected chi connectivity index (χ3v) is 7.64. The molecule has 218 valence electrons. The Morgan fingerprint density at radius 3 is 2.40 bits per heavy atom. The Balaban J connectivity index is 1.43. The summed E-state index contributed by atoms with van der Waals surface area (Å²) in [5.41, 5.74) is 1.00. The van der Waals surface area contributed by atoms with Crippen molar-refractivity contribution >= 4 is 23.6 Å². The van der Waals surface area contributed by atoms with E-state index in [1.54, 1.807) is 26.0 Å². The molecule has 1 unspecified atom stereocenters. The average molecular weight is 576 g/mol. The monoisotopic (exact) mass is 575 g/mol. The minimum Gasteiger partial charge on any atom is -0.496 e. The molecule has 1 fully saturated rings. The van der Waals surface area contributed by atoms with Crippen LogP contribution in [0.3, 0.4) is 0 Å². The Bertz CT molecular complexity index is 1360. The summed E-state index contributed by atoms with van der Waals surface area (Å²) in [4.78, 5) is 40.5. The van der Waals surface area contributed by atoms with Crippen molar-refractivity contribution in [2.75, 3.05) is 7.11 Å². The van der Waals surface area contributed by atoms with Crippen molar-refractivity contribution in [3.8, 4) is 17.2 Å². The number of fused-ring (bicyclic) bond motifs is 1. The predicted octanol–water partition coefficient (Wildman–Crippen LogP) is 5.15. The van der Waals surface area contributed by atoms with Gasteiger partial charge in [0.15, 0.2) is 11.5 Å². The number of aromatic amines is 1. The molecule has 0 bridgehead atoms.